The van der Waals surface area contributed by atoms with E-state index in [-0.39, 0.29) is 0 Å². The largest absolute Gasteiger partial charge is 0.370 e. The van der Waals surface area contributed by atoms with Crippen molar-refractivity contribution < 1.29 is 0 Å². The Morgan fingerprint density at radius 2 is 2.18 bits per heavy atom. The molecule has 1 saturated heterocycles. The average Bonchev–Trinajstić information content (AvgIpc) is 2.90. The SMILES string of the molecule is CC(CN)CNc1cc(N2CCCC2)ncn1. The predicted molar refractivity (Wildman–Crippen MR) is 70.2 cm³/mol. The second-order valence-electron chi connectivity index (χ2n) is 4.68. The van der Waals surface area contributed by atoms with Crippen LogP contribution in [-0.4, -0.2) is 36.1 Å². The van der Waals surface area contributed by atoms with E-state index in [4.69, 9.17) is 5.73 Å². The number of hydrogen-bond acceptors (Lipinski definition) is 5. The molecule has 0 aromatic carbocycles. The van der Waals surface area contributed by atoms with Gasteiger partial charge in [0.05, 0.1) is 0 Å². The zero-order chi connectivity index (χ0) is 12.1. The second-order valence-corrected chi connectivity index (χ2v) is 4.68. The van der Waals surface area contributed by atoms with Gasteiger partial charge in [0.25, 0.3) is 0 Å². The van der Waals surface area contributed by atoms with Gasteiger partial charge in [0.1, 0.15) is 18.0 Å². The molecule has 5 heteroatoms. The van der Waals surface area contributed by atoms with Crippen LogP contribution >= 0.6 is 0 Å². The van der Waals surface area contributed by atoms with E-state index in [1.165, 1.54) is 12.8 Å². The number of rotatable bonds is 5. The molecule has 94 valence electrons. The zero-order valence-electron chi connectivity index (χ0n) is 10.4. The third kappa shape index (κ3) is 3.30. The Labute approximate surface area is 102 Å². The van der Waals surface area contributed by atoms with E-state index in [1.54, 1.807) is 6.33 Å². The maximum atomic E-state index is 5.58. The van der Waals surface area contributed by atoms with Crippen LogP contribution in [0.4, 0.5) is 11.6 Å². The van der Waals surface area contributed by atoms with Crippen LogP contribution in [0.5, 0.6) is 0 Å². The third-order valence-electron chi connectivity index (χ3n) is 3.12. The summed E-state index contributed by atoms with van der Waals surface area (Å²) < 4.78 is 0. The fraction of sp³-hybridized carbons (Fsp3) is 0.667. The lowest BCUT2D eigenvalue weighted by atomic mass is 10.2. The first-order valence-corrected chi connectivity index (χ1v) is 6.30. The molecular formula is C12H21N5. The van der Waals surface area contributed by atoms with E-state index in [2.05, 4.69) is 27.1 Å². The van der Waals surface area contributed by atoms with Gasteiger partial charge in [-0.3, -0.25) is 0 Å². The van der Waals surface area contributed by atoms with Crippen LogP contribution in [0, 0.1) is 5.92 Å². The third-order valence-corrected chi connectivity index (χ3v) is 3.12. The molecule has 0 spiro atoms. The highest BCUT2D eigenvalue weighted by molar-refractivity contribution is 5.48. The molecule has 1 atom stereocenters. The number of nitrogens with one attached hydrogen (secondary N) is 1. The van der Waals surface area contributed by atoms with E-state index >= 15 is 0 Å². The molecule has 2 rings (SSSR count). The van der Waals surface area contributed by atoms with Crippen molar-refractivity contribution in [2.75, 3.05) is 36.4 Å². The van der Waals surface area contributed by atoms with Gasteiger partial charge in [-0.15, -0.1) is 0 Å². The summed E-state index contributed by atoms with van der Waals surface area (Å²) in [6, 6.07) is 2.02. The summed E-state index contributed by atoms with van der Waals surface area (Å²) in [4.78, 5) is 10.9. The smallest absolute Gasteiger partial charge is 0.134 e. The minimum Gasteiger partial charge on any atom is -0.370 e. The highest BCUT2D eigenvalue weighted by atomic mass is 15.2. The Bertz CT molecular complexity index is 349. The monoisotopic (exact) mass is 235 g/mol. The van der Waals surface area contributed by atoms with Crippen molar-refractivity contribution in [1.29, 1.82) is 0 Å². The number of aromatic nitrogens is 2. The second kappa shape index (κ2) is 5.82. The Morgan fingerprint density at radius 1 is 1.41 bits per heavy atom. The van der Waals surface area contributed by atoms with Gasteiger partial charge in [0, 0.05) is 25.7 Å². The van der Waals surface area contributed by atoms with Gasteiger partial charge in [-0.05, 0) is 25.3 Å². The van der Waals surface area contributed by atoms with E-state index in [1.807, 2.05) is 6.07 Å². The van der Waals surface area contributed by atoms with Crippen LogP contribution in [0.2, 0.25) is 0 Å². The number of nitrogens with zero attached hydrogens (tertiary/aromatic N) is 3. The van der Waals surface area contributed by atoms with Gasteiger partial charge in [0.15, 0.2) is 0 Å². The van der Waals surface area contributed by atoms with Gasteiger partial charge in [-0.2, -0.15) is 0 Å². The maximum Gasteiger partial charge on any atom is 0.134 e. The first kappa shape index (κ1) is 12.1. The molecule has 1 aromatic heterocycles. The predicted octanol–water partition coefficient (Wildman–Crippen LogP) is 1.08. The van der Waals surface area contributed by atoms with Gasteiger partial charge >= 0.3 is 0 Å². The lowest BCUT2D eigenvalue weighted by Gasteiger charge is -2.17. The summed E-state index contributed by atoms with van der Waals surface area (Å²) >= 11 is 0. The Balaban J connectivity index is 1.96. The molecule has 2 heterocycles. The van der Waals surface area contributed by atoms with Crippen molar-refractivity contribution in [2.24, 2.45) is 11.7 Å². The minimum absolute atomic E-state index is 0.459. The van der Waals surface area contributed by atoms with Crippen LogP contribution in [0.15, 0.2) is 12.4 Å². The first-order valence-electron chi connectivity index (χ1n) is 6.30. The van der Waals surface area contributed by atoms with E-state index in [9.17, 15) is 0 Å². The van der Waals surface area contributed by atoms with Crippen LogP contribution in [0.1, 0.15) is 19.8 Å². The fourth-order valence-electron chi connectivity index (χ4n) is 1.93. The summed E-state index contributed by atoms with van der Waals surface area (Å²) in [5.41, 5.74) is 5.58. The van der Waals surface area contributed by atoms with Crippen molar-refractivity contribution in [1.82, 2.24) is 9.97 Å². The van der Waals surface area contributed by atoms with Crippen molar-refractivity contribution in [2.45, 2.75) is 19.8 Å². The molecule has 1 aliphatic rings. The highest BCUT2D eigenvalue weighted by Crippen LogP contribution is 2.19. The summed E-state index contributed by atoms with van der Waals surface area (Å²) in [5.74, 6) is 2.38. The molecule has 0 radical (unpaired) electrons. The molecule has 0 bridgehead atoms. The Hall–Kier alpha value is -1.36. The molecular weight excluding hydrogens is 214 g/mol. The lowest BCUT2D eigenvalue weighted by Crippen LogP contribution is -2.21. The molecule has 17 heavy (non-hydrogen) atoms. The Morgan fingerprint density at radius 3 is 2.88 bits per heavy atom. The summed E-state index contributed by atoms with van der Waals surface area (Å²) in [6.07, 6.45) is 4.15. The molecule has 0 amide bonds. The minimum atomic E-state index is 0.459. The van der Waals surface area contributed by atoms with Gasteiger partial charge < -0.3 is 16.0 Å². The first-order chi connectivity index (χ1) is 8.29. The van der Waals surface area contributed by atoms with E-state index in [0.29, 0.717) is 12.5 Å². The summed E-state index contributed by atoms with van der Waals surface area (Å²) in [6.45, 7) is 5.88. The van der Waals surface area contributed by atoms with Crippen LogP contribution in [-0.2, 0) is 0 Å². The van der Waals surface area contributed by atoms with Crippen LogP contribution < -0.4 is 16.0 Å². The van der Waals surface area contributed by atoms with Crippen molar-refractivity contribution in [3.8, 4) is 0 Å². The van der Waals surface area contributed by atoms with Crippen molar-refractivity contribution in [3.63, 3.8) is 0 Å². The molecule has 5 nitrogen and oxygen atoms in total. The van der Waals surface area contributed by atoms with E-state index < -0.39 is 0 Å². The van der Waals surface area contributed by atoms with Gasteiger partial charge in [0.2, 0.25) is 0 Å². The average molecular weight is 235 g/mol. The topological polar surface area (TPSA) is 67.1 Å². The van der Waals surface area contributed by atoms with Crippen LogP contribution in [0.3, 0.4) is 0 Å². The summed E-state index contributed by atoms with van der Waals surface area (Å²) in [5, 5.41) is 3.30. The molecule has 3 N–H and O–H groups in total. The quantitative estimate of drug-likeness (QED) is 0.799. The Kier molecular flexibility index (Phi) is 4.14. The lowest BCUT2D eigenvalue weighted by molar-refractivity contribution is 0.627. The molecule has 1 unspecified atom stereocenters. The van der Waals surface area contributed by atoms with Crippen molar-refractivity contribution in [3.05, 3.63) is 12.4 Å². The molecule has 0 saturated carbocycles. The molecule has 1 fully saturated rings. The number of hydrogen-bond donors (Lipinski definition) is 2. The molecule has 1 aromatic rings. The molecule has 0 aliphatic carbocycles. The number of anilines is 2. The number of nitrogens with two attached hydrogens (primary N) is 1. The fourth-order valence-corrected chi connectivity index (χ4v) is 1.93. The standard InChI is InChI=1S/C12H21N5/c1-10(7-13)8-14-11-6-12(16-9-15-11)17-4-2-3-5-17/h6,9-10H,2-5,7-8,13H2,1H3,(H,14,15,16). The van der Waals surface area contributed by atoms with E-state index in [0.717, 1.165) is 31.3 Å². The zero-order valence-corrected chi connectivity index (χ0v) is 10.4. The maximum absolute atomic E-state index is 5.58. The van der Waals surface area contributed by atoms with Crippen LogP contribution in [0.25, 0.3) is 0 Å². The highest BCUT2D eigenvalue weighted by Gasteiger charge is 2.13. The van der Waals surface area contributed by atoms with Gasteiger partial charge in [-0.1, -0.05) is 6.92 Å². The molecule has 1 aliphatic heterocycles. The normalized spacial score (nSPS) is 17.2. The van der Waals surface area contributed by atoms with Gasteiger partial charge in [-0.25, -0.2) is 9.97 Å². The van der Waals surface area contributed by atoms with Crippen molar-refractivity contribution >= 4 is 11.6 Å². The summed E-state index contributed by atoms with van der Waals surface area (Å²) in [7, 11) is 0.